The topological polar surface area (TPSA) is 46.6 Å². The standard InChI is InChI=1S/C13H15NO3/c1-17-11-5-3-2-4-10(11)8-9-14-12(15)6-7-13(14)16/h2-5H,6-9H2,1H3. The van der Waals surface area contributed by atoms with Gasteiger partial charge in [-0.15, -0.1) is 0 Å². The van der Waals surface area contributed by atoms with Crippen molar-refractivity contribution in [2.45, 2.75) is 19.3 Å². The summed E-state index contributed by atoms with van der Waals surface area (Å²) in [5.74, 6) is 0.668. The number of ether oxygens (including phenoxy) is 1. The zero-order chi connectivity index (χ0) is 12.3. The van der Waals surface area contributed by atoms with Crippen LogP contribution in [0.1, 0.15) is 18.4 Å². The molecule has 4 nitrogen and oxygen atoms in total. The lowest BCUT2D eigenvalue weighted by molar-refractivity contribution is -0.138. The molecule has 2 amide bonds. The number of carbonyl (C=O) groups is 2. The van der Waals surface area contributed by atoms with Crippen molar-refractivity contribution in [3.63, 3.8) is 0 Å². The van der Waals surface area contributed by atoms with Crippen LogP contribution in [0.3, 0.4) is 0 Å². The van der Waals surface area contributed by atoms with Crippen molar-refractivity contribution < 1.29 is 14.3 Å². The number of imide groups is 1. The predicted octanol–water partition coefficient (Wildman–Crippen LogP) is 1.39. The highest BCUT2D eigenvalue weighted by atomic mass is 16.5. The third kappa shape index (κ3) is 2.46. The summed E-state index contributed by atoms with van der Waals surface area (Å²) in [7, 11) is 1.62. The zero-order valence-electron chi connectivity index (χ0n) is 9.81. The van der Waals surface area contributed by atoms with E-state index in [1.807, 2.05) is 24.3 Å². The maximum atomic E-state index is 11.4. The minimum absolute atomic E-state index is 0.0649. The summed E-state index contributed by atoms with van der Waals surface area (Å²) in [5.41, 5.74) is 1.02. The minimum Gasteiger partial charge on any atom is -0.496 e. The molecule has 2 rings (SSSR count). The van der Waals surface area contributed by atoms with Crippen LogP contribution >= 0.6 is 0 Å². The monoisotopic (exact) mass is 233 g/mol. The summed E-state index contributed by atoms with van der Waals surface area (Å²) in [6.07, 6.45) is 1.34. The van der Waals surface area contributed by atoms with Crippen LogP contribution in [0.2, 0.25) is 0 Å². The molecule has 0 unspecified atom stereocenters. The van der Waals surface area contributed by atoms with Crippen LogP contribution < -0.4 is 4.74 Å². The summed E-state index contributed by atoms with van der Waals surface area (Å²) < 4.78 is 5.23. The summed E-state index contributed by atoms with van der Waals surface area (Å²) in [5, 5.41) is 0. The van der Waals surface area contributed by atoms with Crippen molar-refractivity contribution in [2.24, 2.45) is 0 Å². The third-order valence-corrected chi connectivity index (χ3v) is 2.95. The normalized spacial score (nSPS) is 15.5. The van der Waals surface area contributed by atoms with Crippen LogP contribution in [0.4, 0.5) is 0 Å². The average Bonchev–Trinajstić information content (AvgIpc) is 2.67. The van der Waals surface area contributed by atoms with E-state index in [1.165, 1.54) is 4.90 Å². The molecule has 1 heterocycles. The molecule has 0 spiro atoms. The van der Waals surface area contributed by atoms with Gasteiger partial charge in [0.05, 0.1) is 7.11 Å². The largest absolute Gasteiger partial charge is 0.496 e. The number of methoxy groups -OCH3 is 1. The minimum atomic E-state index is -0.0649. The van der Waals surface area contributed by atoms with E-state index in [0.717, 1.165) is 11.3 Å². The Labute approximate surface area is 100 Å². The number of carbonyl (C=O) groups excluding carboxylic acids is 2. The molecule has 0 N–H and O–H groups in total. The summed E-state index contributed by atoms with van der Waals surface area (Å²) in [4.78, 5) is 24.2. The Morgan fingerprint density at radius 2 is 1.82 bits per heavy atom. The van der Waals surface area contributed by atoms with Gasteiger partial charge >= 0.3 is 0 Å². The zero-order valence-corrected chi connectivity index (χ0v) is 9.81. The number of hydrogen-bond donors (Lipinski definition) is 0. The van der Waals surface area contributed by atoms with Crippen molar-refractivity contribution in [1.82, 2.24) is 4.90 Å². The first kappa shape index (κ1) is 11.6. The van der Waals surface area contributed by atoms with Gasteiger partial charge in [0.25, 0.3) is 0 Å². The summed E-state index contributed by atoms with van der Waals surface area (Å²) >= 11 is 0. The van der Waals surface area contributed by atoms with Crippen molar-refractivity contribution in [2.75, 3.05) is 13.7 Å². The van der Waals surface area contributed by atoms with Gasteiger partial charge in [-0.05, 0) is 18.1 Å². The maximum absolute atomic E-state index is 11.4. The summed E-state index contributed by atoms with van der Waals surface area (Å²) in [6.45, 7) is 0.442. The Bertz CT molecular complexity index is 426. The number of likely N-dealkylation sites (tertiary alicyclic amines) is 1. The Hall–Kier alpha value is -1.84. The van der Waals surface area contributed by atoms with Gasteiger partial charge < -0.3 is 4.74 Å². The first-order valence-electron chi connectivity index (χ1n) is 5.67. The fourth-order valence-electron chi connectivity index (χ4n) is 2.01. The van der Waals surface area contributed by atoms with Crippen LogP contribution in [-0.4, -0.2) is 30.4 Å². The molecule has 0 aromatic heterocycles. The number of benzene rings is 1. The second kappa shape index (κ2) is 4.99. The van der Waals surface area contributed by atoms with E-state index >= 15 is 0 Å². The van der Waals surface area contributed by atoms with Gasteiger partial charge in [-0.2, -0.15) is 0 Å². The van der Waals surface area contributed by atoms with Gasteiger partial charge in [0.15, 0.2) is 0 Å². The first-order chi connectivity index (χ1) is 8.22. The van der Waals surface area contributed by atoms with E-state index in [9.17, 15) is 9.59 Å². The molecule has 0 bridgehead atoms. The van der Waals surface area contributed by atoms with Crippen molar-refractivity contribution in [1.29, 1.82) is 0 Å². The molecule has 90 valence electrons. The molecule has 0 radical (unpaired) electrons. The molecular weight excluding hydrogens is 218 g/mol. The van der Waals surface area contributed by atoms with Crippen LogP contribution in [0.15, 0.2) is 24.3 Å². The number of hydrogen-bond acceptors (Lipinski definition) is 3. The van der Waals surface area contributed by atoms with E-state index in [0.29, 0.717) is 25.8 Å². The molecule has 1 aromatic carbocycles. The molecule has 1 aromatic rings. The maximum Gasteiger partial charge on any atom is 0.229 e. The molecule has 1 saturated heterocycles. The number of nitrogens with zero attached hydrogens (tertiary/aromatic N) is 1. The Balaban J connectivity index is 2.02. The highest BCUT2D eigenvalue weighted by Crippen LogP contribution is 2.19. The molecule has 1 aliphatic heterocycles. The lowest BCUT2D eigenvalue weighted by Crippen LogP contribution is -2.31. The van der Waals surface area contributed by atoms with E-state index in [4.69, 9.17) is 4.74 Å². The van der Waals surface area contributed by atoms with Crippen molar-refractivity contribution in [3.05, 3.63) is 29.8 Å². The predicted molar refractivity (Wildman–Crippen MR) is 62.7 cm³/mol. The molecule has 4 heteroatoms. The van der Waals surface area contributed by atoms with Crippen molar-refractivity contribution in [3.8, 4) is 5.75 Å². The number of amides is 2. The van der Waals surface area contributed by atoms with Crippen LogP contribution in [-0.2, 0) is 16.0 Å². The van der Waals surface area contributed by atoms with E-state index in [1.54, 1.807) is 7.11 Å². The number of rotatable bonds is 4. The third-order valence-electron chi connectivity index (χ3n) is 2.95. The second-order valence-corrected chi connectivity index (χ2v) is 4.00. The first-order valence-corrected chi connectivity index (χ1v) is 5.67. The molecule has 17 heavy (non-hydrogen) atoms. The highest BCUT2D eigenvalue weighted by Gasteiger charge is 2.28. The average molecular weight is 233 g/mol. The Morgan fingerprint density at radius 3 is 2.47 bits per heavy atom. The van der Waals surface area contributed by atoms with Gasteiger partial charge in [-0.1, -0.05) is 18.2 Å². The molecule has 0 saturated carbocycles. The molecule has 0 atom stereocenters. The smallest absolute Gasteiger partial charge is 0.229 e. The highest BCUT2D eigenvalue weighted by molar-refractivity contribution is 6.01. The molecule has 1 fully saturated rings. The Kier molecular flexibility index (Phi) is 3.42. The molecule has 1 aliphatic rings. The van der Waals surface area contributed by atoms with Gasteiger partial charge in [-0.3, -0.25) is 14.5 Å². The lowest BCUT2D eigenvalue weighted by Gasteiger charge is -2.14. The van der Waals surface area contributed by atoms with Gasteiger partial charge in [-0.25, -0.2) is 0 Å². The fourth-order valence-corrected chi connectivity index (χ4v) is 2.01. The van der Waals surface area contributed by atoms with E-state index < -0.39 is 0 Å². The van der Waals surface area contributed by atoms with Crippen LogP contribution in [0.5, 0.6) is 5.75 Å². The van der Waals surface area contributed by atoms with Crippen LogP contribution in [0.25, 0.3) is 0 Å². The van der Waals surface area contributed by atoms with E-state index in [2.05, 4.69) is 0 Å². The van der Waals surface area contributed by atoms with E-state index in [-0.39, 0.29) is 11.8 Å². The molecule has 0 aliphatic carbocycles. The Morgan fingerprint density at radius 1 is 1.18 bits per heavy atom. The molecular formula is C13H15NO3. The summed E-state index contributed by atoms with van der Waals surface area (Å²) in [6, 6.07) is 7.65. The quantitative estimate of drug-likeness (QED) is 0.738. The van der Waals surface area contributed by atoms with Gasteiger partial charge in [0, 0.05) is 19.4 Å². The van der Waals surface area contributed by atoms with Crippen molar-refractivity contribution >= 4 is 11.8 Å². The van der Waals surface area contributed by atoms with Gasteiger partial charge in [0.2, 0.25) is 11.8 Å². The number of para-hydroxylation sites is 1. The SMILES string of the molecule is COc1ccccc1CCN1C(=O)CCC1=O. The van der Waals surface area contributed by atoms with Crippen LogP contribution in [0, 0.1) is 0 Å². The fraction of sp³-hybridized carbons (Fsp3) is 0.385. The lowest BCUT2D eigenvalue weighted by atomic mass is 10.1. The second-order valence-electron chi connectivity index (χ2n) is 4.00. The van der Waals surface area contributed by atoms with Gasteiger partial charge in [0.1, 0.15) is 5.75 Å².